The molecule has 0 radical (unpaired) electrons. The molecule has 3 aromatic carbocycles. The van der Waals surface area contributed by atoms with E-state index in [1.165, 1.54) is 0 Å². The number of anilines is 1. The average molecular weight is 896 g/mol. The molecule has 9 atom stereocenters. The number of carbonyl (C=O) groups is 3. The molecule has 6 aliphatic rings. The molecule has 3 heterocycles. The van der Waals surface area contributed by atoms with Crippen LogP contribution in [-0.4, -0.2) is 73.7 Å². The van der Waals surface area contributed by atoms with Crippen LogP contribution in [-0.2, 0) is 51.4 Å². The van der Waals surface area contributed by atoms with Gasteiger partial charge >= 0.3 is 11.9 Å². The lowest BCUT2D eigenvalue weighted by Crippen LogP contribution is -2.54. The maximum absolute atomic E-state index is 15.6. The highest BCUT2D eigenvalue weighted by molar-refractivity contribution is 5.90. The van der Waals surface area contributed by atoms with E-state index >= 15 is 4.79 Å². The van der Waals surface area contributed by atoms with E-state index in [9.17, 15) is 35.1 Å². The smallest absolute Gasteiger partial charge is 0.334 e. The van der Waals surface area contributed by atoms with Gasteiger partial charge in [-0.1, -0.05) is 73.8 Å². The first-order chi connectivity index (χ1) is 31.8. The molecule has 9 bridgehead atoms. The third-order valence-electron chi connectivity index (χ3n) is 15.0. The Hall–Kier alpha value is -5.51. The summed E-state index contributed by atoms with van der Waals surface area (Å²) in [4.78, 5) is 43.0. The Kier molecular flexibility index (Phi) is 13.1. The van der Waals surface area contributed by atoms with Crippen molar-refractivity contribution in [2.24, 2.45) is 11.8 Å². The standard InChI is InChI=1S/C55H61NO10/c1-3-17-55(64)42-14-16-47(59)40(22-42)19-32-9-10-34-13-15-44(48(60)26-39(34)18-32)46-24-36(38-20-33(30-57)21-43(23-38)56-29-31(2)58)11-12-37-28-50(61)66-53-45(37)25-41(27-49(55)65-54(46)63)52(62)51(53)35-7-5-4-6-8-35/h4-7,9-10,18,20-21,23,25,31,35-37,40,42,48-49,56-58,60,62,64H,3,8,13-17,19,22,24,26-30H2,1-2H3. The van der Waals surface area contributed by atoms with Gasteiger partial charge in [-0.3, -0.25) is 9.59 Å². The van der Waals surface area contributed by atoms with Crippen molar-refractivity contribution in [1.82, 2.24) is 0 Å². The van der Waals surface area contributed by atoms with Gasteiger partial charge in [0.25, 0.3) is 0 Å². The number of allylic oxidation sites excluding steroid dienone is 4. The van der Waals surface area contributed by atoms with Crippen molar-refractivity contribution in [1.29, 1.82) is 0 Å². The van der Waals surface area contributed by atoms with Crippen molar-refractivity contribution in [3.05, 3.63) is 122 Å². The van der Waals surface area contributed by atoms with Gasteiger partial charge in [0.1, 0.15) is 29.0 Å². The number of Topliss-reactive ketones (excluding diaryl/α,β-unsaturated/α-hetero) is 1. The van der Waals surface area contributed by atoms with Gasteiger partial charge in [0.2, 0.25) is 0 Å². The van der Waals surface area contributed by atoms with Gasteiger partial charge in [-0.25, -0.2) is 4.79 Å². The molecule has 1 saturated carbocycles. The number of fused-ring (bicyclic) bond motifs is 9. The largest absolute Gasteiger partial charge is 0.507 e. The summed E-state index contributed by atoms with van der Waals surface area (Å²) in [6.07, 6.45) is 8.62. The number of aliphatic hydroxyl groups excluding tert-OH is 3. The maximum Gasteiger partial charge on any atom is 0.334 e. The predicted octanol–water partition coefficient (Wildman–Crippen LogP) is 7.23. The number of benzene rings is 3. The van der Waals surface area contributed by atoms with E-state index in [2.05, 4.69) is 35.4 Å². The van der Waals surface area contributed by atoms with Gasteiger partial charge in [0, 0.05) is 65.9 Å². The van der Waals surface area contributed by atoms with E-state index in [1.807, 2.05) is 43.4 Å². The number of hydrogen-bond donors (Lipinski definition) is 6. The van der Waals surface area contributed by atoms with E-state index in [4.69, 9.17) is 9.47 Å². The lowest BCUT2D eigenvalue weighted by atomic mass is 9.66. The SMILES string of the molecule is CCCC1(O)C2CCC(=O)C(Cc3ccc4c(c3)CC(O)C(=C3CC(c5cc(CO)cc(NCC(C)O)c5)C#CC5CC(=O)Oc6c5cc(c(O)c6C5C=CC=CC5)CC1OC3=O)CC4)C2. The number of phenolic OH excluding ortho intramolecular Hbond substituents is 1. The Morgan fingerprint density at radius 1 is 0.924 bits per heavy atom. The van der Waals surface area contributed by atoms with Crippen LogP contribution in [0.15, 0.2) is 77.9 Å². The highest BCUT2D eigenvalue weighted by Crippen LogP contribution is 2.50. The van der Waals surface area contributed by atoms with E-state index in [0.29, 0.717) is 84.0 Å². The lowest BCUT2D eigenvalue weighted by molar-refractivity contribution is -0.176. The highest BCUT2D eigenvalue weighted by Gasteiger charge is 2.50. The Balaban J connectivity index is 1.31. The minimum atomic E-state index is -1.64. The minimum Gasteiger partial charge on any atom is -0.507 e. The molecule has 0 saturated heterocycles. The Morgan fingerprint density at radius 3 is 2.53 bits per heavy atom. The molecule has 9 rings (SSSR count). The molecule has 3 aliphatic carbocycles. The van der Waals surface area contributed by atoms with Gasteiger partial charge in [-0.15, -0.1) is 0 Å². The van der Waals surface area contributed by atoms with Crippen LogP contribution in [0.5, 0.6) is 11.5 Å². The average Bonchev–Trinajstić information content (AvgIpc) is 3.45. The quantitative estimate of drug-likeness (QED) is 0.0762. The number of nitrogens with one attached hydrogen (secondary N) is 1. The molecule has 3 aliphatic heterocycles. The maximum atomic E-state index is 15.6. The molecule has 1 fully saturated rings. The van der Waals surface area contributed by atoms with Crippen LogP contribution in [0.1, 0.15) is 134 Å². The molecular formula is C55H61NO10. The van der Waals surface area contributed by atoms with Gasteiger partial charge < -0.3 is 40.3 Å². The topological polar surface area (TPSA) is 183 Å². The predicted molar refractivity (Wildman–Crippen MR) is 249 cm³/mol. The molecule has 0 aromatic heterocycles. The summed E-state index contributed by atoms with van der Waals surface area (Å²) in [5, 5.41) is 62.2. The second kappa shape index (κ2) is 19.0. The Bertz CT molecular complexity index is 2580. The summed E-state index contributed by atoms with van der Waals surface area (Å²) in [5.41, 5.74) is 5.41. The molecule has 66 heavy (non-hydrogen) atoms. The summed E-state index contributed by atoms with van der Waals surface area (Å²) in [5.74, 6) is 3.39. The molecule has 6 N–H and O–H groups in total. The fraction of sp³-hybridized carbons (Fsp3) is 0.473. The summed E-state index contributed by atoms with van der Waals surface area (Å²) < 4.78 is 12.9. The molecule has 11 heteroatoms. The molecule has 11 nitrogen and oxygen atoms in total. The van der Waals surface area contributed by atoms with Crippen molar-refractivity contribution in [2.45, 2.75) is 146 Å². The second-order valence-corrected chi connectivity index (χ2v) is 19.5. The number of rotatable bonds is 8. The second-order valence-electron chi connectivity index (χ2n) is 19.5. The molecular weight excluding hydrogens is 835 g/mol. The molecule has 3 aromatic rings. The number of aryl methyl sites for hydroxylation is 1. The monoisotopic (exact) mass is 895 g/mol. The van der Waals surface area contributed by atoms with Crippen LogP contribution < -0.4 is 10.1 Å². The van der Waals surface area contributed by atoms with Crippen molar-refractivity contribution >= 4 is 23.4 Å². The van der Waals surface area contributed by atoms with Crippen LogP contribution in [0.2, 0.25) is 0 Å². The first-order valence-corrected chi connectivity index (χ1v) is 23.9. The van der Waals surface area contributed by atoms with E-state index < -0.39 is 53.6 Å². The zero-order valence-corrected chi connectivity index (χ0v) is 37.9. The fourth-order valence-electron chi connectivity index (χ4n) is 11.5. The first kappa shape index (κ1) is 45.6. The number of ether oxygens (including phenoxy) is 2. The van der Waals surface area contributed by atoms with Crippen LogP contribution in [0.4, 0.5) is 5.69 Å². The highest BCUT2D eigenvalue weighted by atomic mass is 16.6. The number of carbonyl (C=O) groups excluding carboxylic acids is 3. The fourth-order valence-corrected chi connectivity index (χ4v) is 11.5. The zero-order valence-electron chi connectivity index (χ0n) is 37.9. The summed E-state index contributed by atoms with van der Waals surface area (Å²) >= 11 is 0. The number of aromatic hydroxyl groups is 1. The van der Waals surface area contributed by atoms with Crippen molar-refractivity contribution in [3.8, 4) is 23.3 Å². The molecule has 0 spiro atoms. The Labute approximate surface area is 386 Å². The summed E-state index contributed by atoms with van der Waals surface area (Å²) in [7, 11) is 0. The third-order valence-corrected chi connectivity index (χ3v) is 15.0. The number of phenols is 1. The van der Waals surface area contributed by atoms with E-state index in [0.717, 1.165) is 16.7 Å². The van der Waals surface area contributed by atoms with Gasteiger partial charge in [0.15, 0.2) is 0 Å². The summed E-state index contributed by atoms with van der Waals surface area (Å²) in [6, 6.07) is 13.5. The van der Waals surface area contributed by atoms with Crippen LogP contribution in [0.25, 0.3) is 0 Å². The molecule has 346 valence electrons. The van der Waals surface area contributed by atoms with Crippen LogP contribution in [0.3, 0.4) is 0 Å². The van der Waals surface area contributed by atoms with Gasteiger partial charge in [-0.2, -0.15) is 0 Å². The number of ketones is 1. The lowest BCUT2D eigenvalue weighted by Gasteiger charge is -2.45. The van der Waals surface area contributed by atoms with Crippen LogP contribution in [0, 0.1) is 23.7 Å². The zero-order chi connectivity index (χ0) is 46.3. The van der Waals surface area contributed by atoms with E-state index in [1.54, 1.807) is 19.1 Å². The minimum absolute atomic E-state index is 0.0131. The van der Waals surface area contributed by atoms with Crippen molar-refractivity contribution < 1.29 is 49.4 Å². The van der Waals surface area contributed by atoms with Crippen molar-refractivity contribution in [2.75, 3.05) is 11.9 Å². The van der Waals surface area contributed by atoms with E-state index in [-0.39, 0.29) is 86.4 Å². The van der Waals surface area contributed by atoms with Gasteiger partial charge in [-0.05, 0) is 121 Å². The normalized spacial score (nSPS) is 28.7. The molecule has 0 amide bonds. The third kappa shape index (κ3) is 9.13. The molecule has 9 unspecified atom stereocenters. The van der Waals surface area contributed by atoms with Crippen molar-refractivity contribution in [3.63, 3.8) is 0 Å². The number of esters is 2. The Morgan fingerprint density at radius 2 is 1.76 bits per heavy atom. The first-order valence-electron chi connectivity index (χ1n) is 23.9. The number of aliphatic hydroxyl groups is 4. The number of hydrogen-bond acceptors (Lipinski definition) is 11. The van der Waals surface area contributed by atoms with Crippen LogP contribution >= 0.6 is 0 Å². The summed E-state index contributed by atoms with van der Waals surface area (Å²) in [6.45, 7) is 3.59. The van der Waals surface area contributed by atoms with Gasteiger partial charge in [0.05, 0.1) is 31.2 Å².